The monoisotopic (exact) mass is 300 g/mol. The first-order valence-corrected chi connectivity index (χ1v) is 5.91. The van der Waals surface area contributed by atoms with Crippen LogP contribution < -0.4 is 0 Å². The Hall–Kier alpha value is -2.45. The highest BCUT2D eigenvalue weighted by molar-refractivity contribution is 5.42. The Balaban J connectivity index is 2.41. The van der Waals surface area contributed by atoms with Crippen LogP contribution in [0.2, 0.25) is 0 Å². The Bertz CT molecular complexity index is 694. The molecule has 0 N–H and O–H groups in total. The van der Waals surface area contributed by atoms with E-state index < -0.39 is 16.9 Å². The molecule has 0 atom stereocenters. The molecule has 0 saturated carbocycles. The van der Waals surface area contributed by atoms with Crippen LogP contribution in [0.15, 0.2) is 18.2 Å². The average Bonchev–Trinajstić information content (AvgIpc) is 2.70. The van der Waals surface area contributed by atoms with Gasteiger partial charge in [-0.15, -0.1) is 5.10 Å². The number of nitrogens with zero attached hydrogens (tertiary/aromatic N) is 4. The minimum Gasteiger partial charge on any atom is -0.258 e. The second-order valence-corrected chi connectivity index (χ2v) is 4.53. The number of nitro benzene ring substituents is 1. The minimum absolute atomic E-state index is 0.0399. The lowest BCUT2D eigenvalue weighted by Crippen LogP contribution is -2.10. The topological polar surface area (TPSA) is 73.8 Å². The van der Waals surface area contributed by atoms with E-state index in [0.29, 0.717) is 0 Å². The third kappa shape index (κ3) is 3.18. The molecule has 0 aliphatic carbocycles. The van der Waals surface area contributed by atoms with E-state index in [1.54, 1.807) is 19.1 Å². The van der Waals surface area contributed by atoms with Gasteiger partial charge in [-0.3, -0.25) is 10.1 Å². The van der Waals surface area contributed by atoms with E-state index in [0.717, 1.165) is 10.2 Å². The highest BCUT2D eigenvalue weighted by Crippen LogP contribution is 2.27. The summed E-state index contributed by atoms with van der Waals surface area (Å²) < 4.78 is 38.6. The van der Waals surface area contributed by atoms with Crippen molar-refractivity contribution in [1.29, 1.82) is 0 Å². The Morgan fingerprint density at radius 2 is 2.00 bits per heavy atom. The molecule has 2 rings (SSSR count). The number of aryl methyl sites for hydroxylation is 2. The predicted molar refractivity (Wildman–Crippen MR) is 66.7 cm³/mol. The first-order valence-electron chi connectivity index (χ1n) is 5.91. The third-order valence-electron chi connectivity index (χ3n) is 2.86. The molecule has 2 aromatic rings. The molecule has 0 unspecified atom stereocenters. The quantitative estimate of drug-likeness (QED) is 0.645. The first kappa shape index (κ1) is 14.9. The van der Waals surface area contributed by atoms with Gasteiger partial charge in [0.15, 0.2) is 0 Å². The van der Waals surface area contributed by atoms with Crippen molar-refractivity contribution >= 4 is 5.69 Å². The summed E-state index contributed by atoms with van der Waals surface area (Å²) in [6.07, 6.45) is -4.64. The van der Waals surface area contributed by atoms with Crippen molar-refractivity contribution in [1.82, 2.24) is 14.8 Å². The van der Waals surface area contributed by atoms with Crippen LogP contribution >= 0.6 is 0 Å². The van der Waals surface area contributed by atoms with E-state index in [9.17, 15) is 23.3 Å². The summed E-state index contributed by atoms with van der Waals surface area (Å²) in [6.45, 7) is 2.96. The van der Waals surface area contributed by atoms with Crippen molar-refractivity contribution in [2.24, 2.45) is 0 Å². The highest BCUT2D eigenvalue weighted by Gasteiger charge is 2.36. The summed E-state index contributed by atoms with van der Waals surface area (Å²) in [6, 6.07) is 4.44. The number of rotatable bonds is 3. The van der Waals surface area contributed by atoms with Gasteiger partial charge in [0.05, 0.1) is 17.0 Å². The number of hydrogen-bond donors (Lipinski definition) is 0. The van der Waals surface area contributed by atoms with Gasteiger partial charge in [0.1, 0.15) is 5.82 Å². The third-order valence-corrected chi connectivity index (χ3v) is 2.86. The standard InChI is InChI=1S/C12H11F3N4O2/c1-7-3-4-10(19(20)21)9(5-7)6-18-8(2)16-11(17-18)12(13,14)15/h3-5H,6H2,1-2H3. The summed E-state index contributed by atoms with van der Waals surface area (Å²) >= 11 is 0. The zero-order valence-corrected chi connectivity index (χ0v) is 11.2. The van der Waals surface area contributed by atoms with Crippen molar-refractivity contribution in [3.63, 3.8) is 0 Å². The Morgan fingerprint density at radius 1 is 1.33 bits per heavy atom. The Labute approximate surface area is 117 Å². The van der Waals surface area contributed by atoms with Crippen LogP contribution in [-0.4, -0.2) is 19.7 Å². The molecule has 21 heavy (non-hydrogen) atoms. The number of benzene rings is 1. The van der Waals surface area contributed by atoms with Crippen LogP contribution in [0.1, 0.15) is 22.8 Å². The lowest BCUT2D eigenvalue weighted by molar-refractivity contribution is -0.385. The van der Waals surface area contributed by atoms with Crippen LogP contribution in [0.5, 0.6) is 0 Å². The van der Waals surface area contributed by atoms with Gasteiger partial charge in [-0.25, -0.2) is 9.67 Å². The zero-order chi connectivity index (χ0) is 15.8. The zero-order valence-electron chi connectivity index (χ0n) is 11.2. The van der Waals surface area contributed by atoms with Crippen molar-refractivity contribution in [3.05, 3.63) is 51.1 Å². The number of alkyl halides is 3. The van der Waals surface area contributed by atoms with Crippen molar-refractivity contribution in [2.45, 2.75) is 26.6 Å². The molecule has 0 radical (unpaired) electrons. The molecule has 0 fully saturated rings. The van der Waals surface area contributed by atoms with Crippen LogP contribution in [0.3, 0.4) is 0 Å². The number of hydrogen-bond acceptors (Lipinski definition) is 4. The molecule has 1 aromatic heterocycles. The Kier molecular flexibility index (Phi) is 3.67. The van der Waals surface area contributed by atoms with Crippen LogP contribution in [0.4, 0.5) is 18.9 Å². The molecule has 0 saturated heterocycles. The van der Waals surface area contributed by atoms with Gasteiger partial charge in [0.2, 0.25) is 0 Å². The minimum atomic E-state index is -4.64. The van der Waals surface area contributed by atoms with Gasteiger partial charge < -0.3 is 0 Å². The van der Waals surface area contributed by atoms with Gasteiger partial charge in [-0.2, -0.15) is 13.2 Å². The lowest BCUT2D eigenvalue weighted by Gasteiger charge is -2.06. The second-order valence-electron chi connectivity index (χ2n) is 4.53. The molecule has 0 aliphatic rings. The molecular weight excluding hydrogens is 289 g/mol. The normalized spacial score (nSPS) is 11.7. The summed E-state index contributed by atoms with van der Waals surface area (Å²) in [7, 11) is 0. The van der Waals surface area contributed by atoms with E-state index in [-0.39, 0.29) is 23.6 Å². The fraction of sp³-hybridized carbons (Fsp3) is 0.333. The Morgan fingerprint density at radius 3 is 2.52 bits per heavy atom. The summed E-state index contributed by atoms with van der Waals surface area (Å²) in [4.78, 5) is 13.7. The smallest absolute Gasteiger partial charge is 0.258 e. The van der Waals surface area contributed by atoms with Crippen LogP contribution in [0, 0.1) is 24.0 Å². The summed E-state index contributed by atoms with van der Waals surface area (Å²) in [5, 5.41) is 14.3. The number of aromatic nitrogens is 3. The fourth-order valence-corrected chi connectivity index (χ4v) is 1.87. The van der Waals surface area contributed by atoms with Crippen molar-refractivity contribution < 1.29 is 18.1 Å². The fourth-order valence-electron chi connectivity index (χ4n) is 1.87. The van der Waals surface area contributed by atoms with Gasteiger partial charge in [-0.05, 0) is 19.9 Å². The average molecular weight is 300 g/mol. The van der Waals surface area contributed by atoms with Gasteiger partial charge in [0, 0.05) is 6.07 Å². The van der Waals surface area contributed by atoms with E-state index in [1.807, 2.05) is 0 Å². The van der Waals surface area contributed by atoms with Crippen molar-refractivity contribution in [2.75, 3.05) is 0 Å². The number of halogens is 3. The summed E-state index contributed by atoms with van der Waals surface area (Å²) in [5.74, 6) is -1.21. The maximum Gasteiger partial charge on any atom is 0.453 e. The first-order chi connectivity index (χ1) is 9.68. The molecule has 0 spiro atoms. The van der Waals surface area contributed by atoms with Crippen LogP contribution in [0.25, 0.3) is 0 Å². The maximum atomic E-state index is 12.5. The predicted octanol–water partition coefficient (Wildman–Crippen LogP) is 2.87. The van der Waals surface area contributed by atoms with E-state index >= 15 is 0 Å². The second kappa shape index (κ2) is 5.15. The SMILES string of the molecule is Cc1ccc([N+](=O)[O-])c(Cn2nc(C(F)(F)F)nc2C)c1. The molecule has 0 aliphatic heterocycles. The molecule has 1 aromatic carbocycles. The van der Waals surface area contributed by atoms with E-state index in [2.05, 4.69) is 10.1 Å². The molecule has 112 valence electrons. The largest absolute Gasteiger partial charge is 0.453 e. The van der Waals surface area contributed by atoms with Crippen LogP contribution in [-0.2, 0) is 12.7 Å². The molecule has 1 heterocycles. The van der Waals surface area contributed by atoms with Gasteiger partial charge in [0.25, 0.3) is 11.5 Å². The van der Waals surface area contributed by atoms with E-state index in [1.165, 1.54) is 13.0 Å². The molecule has 0 bridgehead atoms. The molecule has 9 heteroatoms. The lowest BCUT2D eigenvalue weighted by atomic mass is 10.1. The van der Waals surface area contributed by atoms with Gasteiger partial charge in [-0.1, -0.05) is 11.6 Å². The highest BCUT2D eigenvalue weighted by atomic mass is 19.4. The summed E-state index contributed by atoms with van der Waals surface area (Å²) in [5.41, 5.74) is 0.884. The molecule has 0 amide bonds. The maximum absolute atomic E-state index is 12.5. The van der Waals surface area contributed by atoms with Gasteiger partial charge >= 0.3 is 6.18 Å². The van der Waals surface area contributed by atoms with E-state index in [4.69, 9.17) is 0 Å². The molecule has 6 nitrogen and oxygen atoms in total. The van der Waals surface area contributed by atoms with Crippen molar-refractivity contribution in [3.8, 4) is 0 Å². The molecular formula is C12H11F3N4O2. The number of nitro groups is 1.